The lowest BCUT2D eigenvalue weighted by Crippen LogP contribution is -1.98. The van der Waals surface area contributed by atoms with E-state index in [2.05, 4.69) is 199 Å². The minimum Gasteiger partial charge on any atom is -0.309 e. The summed E-state index contributed by atoms with van der Waals surface area (Å²) >= 11 is 0. The molecule has 2 heterocycles. The van der Waals surface area contributed by atoms with E-state index in [4.69, 9.17) is 4.98 Å². The first-order valence-corrected chi connectivity index (χ1v) is 18.2. The van der Waals surface area contributed by atoms with Gasteiger partial charge in [0.2, 0.25) is 0 Å². The first-order valence-electron chi connectivity index (χ1n) is 18.2. The molecule has 0 radical (unpaired) electrons. The predicted octanol–water partition coefficient (Wildman–Crippen LogP) is 13.8. The third-order valence-corrected chi connectivity index (χ3v) is 10.9. The molecular weight excluding hydrogens is 641 g/mol. The van der Waals surface area contributed by atoms with Gasteiger partial charge in [-0.3, -0.25) is 0 Å². The number of nitrogens with zero attached hydrogens (tertiary/aromatic N) is 2. The normalized spacial score (nSPS) is 11.8. The van der Waals surface area contributed by atoms with Crippen molar-refractivity contribution in [1.82, 2.24) is 9.55 Å². The summed E-state index contributed by atoms with van der Waals surface area (Å²) < 4.78 is 2.48. The van der Waals surface area contributed by atoms with Crippen LogP contribution in [0.3, 0.4) is 0 Å². The number of aromatic nitrogens is 2. The molecule has 2 nitrogen and oxygen atoms in total. The summed E-state index contributed by atoms with van der Waals surface area (Å²) in [6.07, 6.45) is 0. The molecule has 0 aliphatic carbocycles. The zero-order valence-corrected chi connectivity index (χ0v) is 28.9. The van der Waals surface area contributed by atoms with E-state index in [0.29, 0.717) is 0 Å². The fourth-order valence-corrected chi connectivity index (χ4v) is 8.44. The van der Waals surface area contributed by atoms with E-state index in [0.717, 1.165) is 33.2 Å². The van der Waals surface area contributed by atoms with Crippen molar-refractivity contribution in [3.63, 3.8) is 0 Å². The molecule has 0 aliphatic heterocycles. The average molecular weight is 673 g/mol. The number of fused-ring (bicyclic) bond motifs is 9. The zero-order chi connectivity index (χ0) is 34.9. The van der Waals surface area contributed by atoms with Crippen molar-refractivity contribution < 1.29 is 0 Å². The van der Waals surface area contributed by atoms with Crippen molar-refractivity contribution in [2.45, 2.75) is 0 Å². The number of rotatable bonds is 4. The molecular formula is C51H32N2. The maximum Gasteiger partial charge on any atom is 0.0789 e. The number of para-hydroxylation sites is 1. The third kappa shape index (κ3) is 4.70. The molecule has 11 aromatic rings. The highest BCUT2D eigenvalue weighted by Gasteiger charge is 2.20. The highest BCUT2D eigenvalue weighted by molar-refractivity contribution is 6.25. The summed E-state index contributed by atoms with van der Waals surface area (Å²) in [6.45, 7) is 0. The Morgan fingerprint density at radius 2 is 0.868 bits per heavy atom. The van der Waals surface area contributed by atoms with E-state index in [9.17, 15) is 0 Å². The second-order valence-corrected chi connectivity index (χ2v) is 13.9. The second kappa shape index (κ2) is 11.8. The van der Waals surface area contributed by atoms with E-state index in [1.54, 1.807) is 0 Å². The fraction of sp³-hybridized carbons (Fsp3) is 0. The maximum atomic E-state index is 5.42. The lowest BCUT2D eigenvalue weighted by Gasteiger charge is -2.18. The SMILES string of the molecule is c1ccc(-c2ccc3c(c2)c2cc(-c4ccccc4)ccc2n3-c2cc3c(-c4ccc5ccccc5c4)nc4ccccc4c3c3ccccc23)cc1. The number of pyridine rings is 1. The standard InChI is InChI=1S/C51H32N2/c1-3-13-33(14-4-1)37-25-27-47-43(30-37)44-31-38(34-15-5-2-6-16-34)26-28-48(44)53(47)49-32-45-50(41-20-10-9-19-40(41)49)42-21-11-12-22-46(42)52-51(45)39-24-23-35-17-7-8-18-36(35)29-39/h1-32H. The van der Waals surface area contributed by atoms with Gasteiger partial charge in [-0.2, -0.15) is 0 Å². The quantitative estimate of drug-likeness (QED) is 0.170. The Morgan fingerprint density at radius 3 is 1.55 bits per heavy atom. The van der Waals surface area contributed by atoms with Crippen LogP contribution in [-0.2, 0) is 0 Å². The van der Waals surface area contributed by atoms with E-state index < -0.39 is 0 Å². The lowest BCUT2D eigenvalue weighted by molar-refractivity contribution is 1.20. The average Bonchev–Trinajstić information content (AvgIpc) is 3.56. The van der Waals surface area contributed by atoms with Gasteiger partial charge in [0, 0.05) is 37.9 Å². The van der Waals surface area contributed by atoms with Crippen molar-refractivity contribution >= 4 is 65.0 Å². The second-order valence-electron chi connectivity index (χ2n) is 13.9. The highest BCUT2D eigenvalue weighted by Crippen LogP contribution is 2.43. The van der Waals surface area contributed by atoms with Crippen LogP contribution in [0.4, 0.5) is 0 Å². The summed E-state index contributed by atoms with van der Waals surface area (Å²) in [7, 11) is 0. The highest BCUT2D eigenvalue weighted by atomic mass is 15.0. The summed E-state index contributed by atoms with van der Waals surface area (Å²) in [6, 6.07) is 70.5. The van der Waals surface area contributed by atoms with Crippen LogP contribution in [0.2, 0.25) is 0 Å². The predicted molar refractivity (Wildman–Crippen MR) is 225 cm³/mol. The first kappa shape index (κ1) is 29.7. The van der Waals surface area contributed by atoms with Gasteiger partial charge in [0.05, 0.1) is 27.9 Å². The van der Waals surface area contributed by atoms with E-state index >= 15 is 0 Å². The number of hydrogen-bond donors (Lipinski definition) is 0. The molecule has 9 aromatic carbocycles. The van der Waals surface area contributed by atoms with Crippen LogP contribution < -0.4 is 0 Å². The topological polar surface area (TPSA) is 17.8 Å². The van der Waals surface area contributed by atoms with Crippen molar-refractivity contribution in [2.75, 3.05) is 0 Å². The molecule has 246 valence electrons. The van der Waals surface area contributed by atoms with Crippen molar-refractivity contribution in [3.05, 3.63) is 194 Å². The number of benzene rings is 9. The van der Waals surface area contributed by atoms with Gasteiger partial charge in [-0.15, -0.1) is 0 Å². The third-order valence-electron chi connectivity index (χ3n) is 10.9. The molecule has 0 amide bonds. The van der Waals surface area contributed by atoms with Crippen LogP contribution in [0.25, 0.3) is 104 Å². The van der Waals surface area contributed by atoms with Gasteiger partial charge < -0.3 is 4.57 Å². The molecule has 0 saturated carbocycles. The van der Waals surface area contributed by atoms with Gasteiger partial charge in [-0.05, 0) is 80.9 Å². The molecule has 53 heavy (non-hydrogen) atoms. The smallest absolute Gasteiger partial charge is 0.0789 e. The first-order chi connectivity index (χ1) is 26.3. The monoisotopic (exact) mass is 672 g/mol. The molecule has 0 aliphatic rings. The maximum absolute atomic E-state index is 5.42. The van der Waals surface area contributed by atoms with E-state index in [1.165, 1.54) is 71.0 Å². The van der Waals surface area contributed by atoms with Crippen LogP contribution >= 0.6 is 0 Å². The molecule has 2 aromatic heterocycles. The molecule has 0 unspecified atom stereocenters. The van der Waals surface area contributed by atoms with Crippen LogP contribution in [0, 0.1) is 0 Å². The minimum absolute atomic E-state index is 0.995. The van der Waals surface area contributed by atoms with Gasteiger partial charge in [-0.1, -0.05) is 152 Å². The van der Waals surface area contributed by atoms with Crippen LogP contribution in [0.15, 0.2) is 194 Å². The molecule has 0 bridgehead atoms. The van der Waals surface area contributed by atoms with Gasteiger partial charge in [-0.25, -0.2) is 4.98 Å². The van der Waals surface area contributed by atoms with E-state index in [-0.39, 0.29) is 0 Å². The van der Waals surface area contributed by atoms with Gasteiger partial charge in [0.15, 0.2) is 0 Å². The summed E-state index contributed by atoms with van der Waals surface area (Å²) in [5.41, 5.74) is 11.4. The summed E-state index contributed by atoms with van der Waals surface area (Å²) in [5.74, 6) is 0. The molecule has 11 rings (SSSR count). The lowest BCUT2D eigenvalue weighted by atomic mass is 9.93. The Labute approximate surface area is 306 Å². The van der Waals surface area contributed by atoms with Crippen molar-refractivity contribution in [2.24, 2.45) is 0 Å². The minimum atomic E-state index is 0.995. The Bertz CT molecular complexity index is 3110. The van der Waals surface area contributed by atoms with Gasteiger partial charge >= 0.3 is 0 Å². The molecule has 0 saturated heterocycles. The fourth-order valence-electron chi connectivity index (χ4n) is 8.44. The van der Waals surface area contributed by atoms with Gasteiger partial charge in [0.25, 0.3) is 0 Å². The molecule has 0 spiro atoms. The zero-order valence-electron chi connectivity index (χ0n) is 28.9. The van der Waals surface area contributed by atoms with Crippen molar-refractivity contribution in [3.8, 4) is 39.2 Å². The van der Waals surface area contributed by atoms with Crippen molar-refractivity contribution in [1.29, 1.82) is 0 Å². The molecule has 0 fully saturated rings. The summed E-state index contributed by atoms with van der Waals surface area (Å²) in [4.78, 5) is 5.42. The molecule has 0 N–H and O–H groups in total. The van der Waals surface area contributed by atoms with Crippen LogP contribution in [0.5, 0.6) is 0 Å². The van der Waals surface area contributed by atoms with Gasteiger partial charge in [0.1, 0.15) is 0 Å². The van der Waals surface area contributed by atoms with Crippen LogP contribution in [-0.4, -0.2) is 9.55 Å². The molecule has 2 heteroatoms. The largest absolute Gasteiger partial charge is 0.309 e. The van der Waals surface area contributed by atoms with Crippen LogP contribution in [0.1, 0.15) is 0 Å². The Hall–Kier alpha value is -7.03. The Kier molecular flexibility index (Phi) is 6.59. The Morgan fingerprint density at radius 1 is 0.321 bits per heavy atom. The Balaban J connectivity index is 1.27. The molecule has 0 atom stereocenters. The van der Waals surface area contributed by atoms with E-state index in [1.807, 2.05) is 0 Å². The summed E-state index contributed by atoms with van der Waals surface area (Å²) in [5, 5.41) is 10.9. The number of hydrogen-bond acceptors (Lipinski definition) is 1.